The standard InChI is InChI=1S/C26H16O4/c27-25-19-14-15-21(23(25)16-19)17-10-12-18(13-11-17)22-8-4-5-9-24(22)30-26(28)29-20-6-2-1-3-7-20/h1-16H. The molecule has 4 aromatic carbocycles. The van der Waals surface area contributed by atoms with Crippen LogP contribution < -0.4 is 9.47 Å². The van der Waals surface area contributed by atoms with Crippen molar-refractivity contribution in [2.75, 3.05) is 0 Å². The SMILES string of the molecule is O=C(Oc1ccccc1)Oc1ccccc1-c1ccc(-c2ccc3cc2C3=O)cc1. The Kier molecular flexibility index (Phi) is 4.37. The number of hydrogen-bond donors (Lipinski definition) is 0. The van der Waals surface area contributed by atoms with E-state index in [0.717, 1.165) is 33.4 Å². The van der Waals surface area contributed by atoms with Crippen molar-refractivity contribution in [1.82, 2.24) is 0 Å². The Morgan fingerprint density at radius 1 is 0.567 bits per heavy atom. The lowest BCUT2D eigenvalue weighted by Crippen LogP contribution is -2.14. The van der Waals surface area contributed by atoms with E-state index in [9.17, 15) is 9.59 Å². The number of fused-ring (bicyclic) bond motifs is 2. The summed E-state index contributed by atoms with van der Waals surface area (Å²) < 4.78 is 10.7. The zero-order valence-electron chi connectivity index (χ0n) is 15.9. The van der Waals surface area contributed by atoms with Crippen molar-refractivity contribution in [2.45, 2.75) is 0 Å². The third kappa shape index (κ3) is 3.25. The van der Waals surface area contributed by atoms with Crippen LogP contribution in [0.5, 0.6) is 11.5 Å². The molecule has 6 rings (SSSR count). The zero-order valence-corrected chi connectivity index (χ0v) is 15.9. The first-order valence-corrected chi connectivity index (χ1v) is 9.52. The summed E-state index contributed by atoms with van der Waals surface area (Å²) in [6, 6.07) is 29.6. The van der Waals surface area contributed by atoms with Crippen LogP contribution >= 0.6 is 0 Å². The number of hydrogen-bond acceptors (Lipinski definition) is 4. The molecule has 4 nitrogen and oxygen atoms in total. The molecule has 144 valence electrons. The van der Waals surface area contributed by atoms with E-state index in [0.29, 0.717) is 11.5 Å². The molecule has 0 heterocycles. The predicted octanol–water partition coefficient (Wildman–Crippen LogP) is 6.14. The summed E-state index contributed by atoms with van der Waals surface area (Å²) in [4.78, 5) is 24.2. The van der Waals surface area contributed by atoms with Crippen molar-refractivity contribution >= 4 is 11.9 Å². The van der Waals surface area contributed by atoms with E-state index in [1.807, 2.05) is 60.7 Å². The van der Waals surface area contributed by atoms with Gasteiger partial charge in [0.15, 0.2) is 5.78 Å². The van der Waals surface area contributed by atoms with Gasteiger partial charge in [0.05, 0.1) is 0 Å². The summed E-state index contributed by atoms with van der Waals surface area (Å²) in [7, 11) is 0. The maximum atomic E-state index is 12.2. The van der Waals surface area contributed by atoms with Crippen LogP contribution in [0.1, 0.15) is 15.9 Å². The maximum Gasteiger partial charge on any atom is 0.519 e. The lowest BCUT2D eigenvalue weighted by atomic mass is 9.84. The van der Waals surface area contributed by atoms with Gasteiger partial charge in [-0.1, -0.05) is 72.8 Å². The average molecular weight is 392 g/mol. The summed E-state index contributed by atoms with van der Waals surface area (Å²) in [5.74, 6) is 0.932. The van der Waals surface area contributed by atoms with Crippen LogP contribution in [0.4, 0.5) is 4.79 Å². The summed E-state index contributed by atoms with van der Waals surface area (Å²) in [6.07, 6.45) is -0.796. The third-order valence-electron chi connectivity index (χ3n) is 5.06. The minimum atomic E-state index is -0.796. The second-order valence-corrected chi connectivity index (χ2v) is 6.93. The van der Waals surface area contributed by atoms with Gasteiger partial charge in [0.25, 0.3) is 0 Å². The normalized spacial score (nSPS) is 11.5. The number of carbonyl (C=O) groups is 2. The molecule has 4 heteroatoms. The molecule has 4 aromatic rings. The van der Waals surface area contributed by atoms with Gasteiger partial charge in [-0.3, -0.25) is 4.79 Å². The second kappa shape index (κ2) is 7.33. The number of carbonyl (C=O) groups excluding carboxylic acids is 2. The maximum absolute atomic E-state index is 12.2. The van der Waals surface area contributed by atoms with Crippen LogP contribution in [0.3, 0.4) is 0 Å². The molecule has 2 aliphatic rings. The highest BCUT2D eigenvalue weighted by Crippen LogP contribution is 2.35. The Bertz CT molecular complexity index is 1250. The number of ketones is 1. The first-order chi connectivity index (χ1) is 14.7. The molecule has 0 N–H and O–H groups in total. The smallest absolute Gasteiger partial charge is 0.395 e. The zero-order chi connectivity index (χ0) is 20.5. The monoisotopic (exact) mass is 392 g/mol. The van der Waals surface area contributed by atoms with Crippen molar-refractivity contribution in [2.24, 2.45) is 0 Å². The molecule has 0 saturated carbocycles. The molecule has 2 aliphatic carbocycles. The number of rotatable bonds is 4. The predicted molar refractivity (Wildman–Crippen MR) is 114 cm³/mol. The molecule has 0 radical (unpaired) electrons. The van der Waals surface area contributed by atoms with Crippen LogP contribution in [-0.2, 0) is 0 Å². The van der Waals surface area contributed by atoms with Crippen molar-refractivity contribution in [3.05, 3.63) is 108 Å². The lowest BCUT2D eigenvalue weighted by Gasteiger charge is -2.18. The number of para-hydroxylation sites is 2. The van der Waals surface area contributed by atoms with Gasteiger partial charge >= 0.3 is 6.16 Å². The molecule has 0 aromatic heterocycles. The Balaban J connectivity index is 1.39. The van der Waals surface area contributed by atoms with Gasteiger partial charge in [0.2, 0.25) is 0 Å². The largest absolute Gasteiger partial charge is 0.519 e. The van der Waals surface area contributed by atoms with E-state index in [4.69, 9.17) is 9.47 Å². The minimum absolute atomic E-state index is 0.104. The van der Waals surface area contributed by atoms with E-state index < -0.39 is 6.16 Å². The molecule has 0 unspecified atom stereocenters. The second-order valence-electron chi connectivity index (χ2n) is 6.93. The molecule has 30 heavy (non-hydrogen) atoms. The van der Waals surface area contributed by atoms with E-state index in [-0.39, 0.29) is 5.78 Å². The summed E-state index contributed by atoms with van der Waals surface area (Å²) >= 11 is 0. The van der Waals surface area contributed by atoms with Crippen LogP contribution in [-0.4, -0.2) is 11.9 Å². The first-order valence-electron chi connectivity index (χ1n) is 9.52. The van der Waals surface area contributed by atoms with E-state index in [2.05, 4.69) is 0 Å². The van der Waals surface area contributed by atoms with E-state index in [1.165, 1.54) is 0 Å². The Morgan fingerprint density at radius 3 is 1.90 bits per heavy atom. The van der Waals surface area contributed by atoms with Gasteiger partial charge in [0.1, 0.15) is 11.5 Å². The molecular formula is C26H16O4. The molecule has 0 fully saturated rings. The highest BCUT2D eigenvalue weighted by molar-refractivity contribution is 6.20. The molecular weight excluding hydrogens is 376 g/mol. The minimum Gasteiger partial charge on any atom is -0.395 e. The Labute approximate surface area is 173 Å². The summed E-state index contributed by atoms with van der Waals surface area (Å²) in [5.41, 5.74) is 5.08. The average Bonchev–Trinajstić information content (AvgIpc) is 2.80. The number of ether oxygens (including phenoxy) is 2. The highest BCUT2D eigenvalue weighted by atomic mass is 16.7. The molecule has 0 atom stereocenters. The van der Waals surface area contributed by atoms with Gasteiger partial charge < -0.3 is 9.47 Å². The van der Waals surface area contributed by atoms with Crippen LogP contribution in [0.2, 0.25) is 0 Å². The van der Waals surface area contributed by atoms with Gasteiger partial charge in [-0.15, -0.1) is 0 Å². The number of benzene rings is 4. The van der Waals surface area contributed by atoms with E-state index in [1.54, 1.807) is 36.4 Å². The fraction of sp³-hybridized carbons (Fsp3) is 0. The molecule has 2 bridgehead atoms. The summed E-state index contributed by atoms with van der Waals surface area (Å²) in [5, 5.41) is 0. The van der Waals surface area contributed by atoms with Crippen LogP contribution in [0.15, 0.2) is 97.1 Å². The first kappa shape index (κ1) is 17.9. The quantitative estimate of drug-likeness (QED) is 0.272. The van der Waals surface area contributed by atoms with Crippen molar-refractivity contribution in [3.8, 4) is 33.8 Å². The van der Waals surface area contributed by atoms with Gasteiger partial charge in [-0.25, -0.2) is 4.79 Å². The van der Waals surface area contributed by atoms with Crippen molar-refractivity contribution in [1.29, 1.82) is 0 Å². The third-order valence-corrected chi connectivity index (χ3v) is 5.06. The molecule has 0 saturated heterocycles. The van der Waals surface area contributed by atoms with Crippen LogP contribution in [0.25, 0.3) is 22.3 Å². The van der Waals surface area contributed by atoms with Crippen LogP contribution in [0, 0.1) is 0 Å². The Hall–Kier alpha value is -4.18. The summed E-state index contributed by atoms with van der Waals surface area (Å²) in [6.45, 7) is 0. The molecule has 0 aliphatic heterocycles. The molecule has 0 amide bonds. The van der Waals surface area contributed by atoms with Gasteiger partial charge in [-0.2, -0.15) is 0 Å². The van der Waals surface area contributed by atoms with Gasteiger partial charge in [0, 0.05) is 16.7 Å². The fourth-order valence-electron chi connectivity index (χ4n) is 3.52. The fourth-order valence-corrected chi connectivity index (χ4v) is 3.52. The Morgan fingerprint density at radius 2 is 1.20 bits per heavy atom. The van der Waals surface area contributed by atoms with E-state index >= 15 is 0 Å². The van der Waals surface area contributed by atoms with Crippen molar-refractivity contribution < 1.29 is 19.1 Å². The highest BCUT2D eigenvalue weighted by Gasteiger charge is 2.24. The lowest BCUT2D eigenvalue weighted by molar-refractivity contribution is 0.102. The van der Waals surface area contributed by atoms with Crippen molar-refractivity contribution in [3.63, 3.8) is 0 Å². The topological polar surface area (TPSA) is 52.6 Å². The molecule has 0 spiro atoms. The van der Waals surface area contributed by atoms with Gasteiger partial charge in [-0.05, 0) is 41.0 Å².